The first kappa shape index (κ1) is 11.4. The third kappa shape index (κ3) is 30.8. The summed E-state index contributed by atoms with van der Waals surface area (Å²) in [6.07, 6.45) is 0. The average molecular weight is 337 g/mol. The fourth-order valence-corrected chi connectivity index (χ4v) is 0. The molecule has 0 rings (SSSR count). The molecular weight excluding hydrogens is 337 g/mol. The molecule has 0 radical (unpaired) electrons. The van der Waals surface area contributed by atoms with Crippen molar-refractivity contribution < 1.29 is 18.9 Å². The van der Waals surface area contributed by atoms with Crippen molar-refractivity contribution in [1.29, 1.82) is 0 Å². The fraction of sp³-hybridized carbons (Fsp3) is 0. The van der Waals surface area contributed by atoms with Crippen LogP contribution in [0.5, 0.6) is 0 Å². The summed E-state index contributed by atoms with van der Waals surface area (Å²) in [6, 6.07) is 0. The molecule has 0 spiro atoms. The van der Waals surface area contributed by atoms with Gasteiger partial charge in [0.25, 0.3) is 0 Å². The Labute approximate surface area is 82.2 Å². The van der Waals surface area contributed by atoms with Crippen LogP contribution in [-0.2, 0) is 0 Å². The Balaban J connectivity index is 0. The van der Waals surface area contributed by atoms with Crippen molar-refractivity contribution in [2.24, 2.45) is 0 Å². The largest absolute Gasteiger partial charge is 1.00 e. The van der Waals surface area contributed by atoms with Crippen molar-refractivity contribution in [3.05, 3.63) is 0 Å². The maximum atomic E-state index is 3.19. The molecule has 0 aliphatic carbocycles. The first-order valence-electron chi connectivity index (χ1n) is 0.873. The SMILES string of the molecule is Br[B-](Br)(Br)Br.[Li+]. The van der Waals surface area contributed by atoms with E-state index in [1.165, 1.54) is 0 Å². The predicted octanol–water partition coefficient (Wildman–Crippen LogP) is 0.00560. The van der Waals surface area contributed by atoms with Gasteiger partial charge in [-0.15, -0.1) is 0 Å². The van der Waals surface area contributed by atoms with E-state index >= 15 is 0 Å². The van der Waals surface area contributed by atoms with Gasteiger partial charge in [-0.25, -0.2) is 0 Å². The van der Waals surface area contributed by atoms with Crippen LogP contribution in [-0.4, -0.2) is 1.44 Å². The zero-order chi connectivity index (χ0) is 4.50. The van der Waals surface area contributed by atoms with Crippen LogP contribution in [0.25, 0.3) is 0 Å². The number of hydrogen-bond acceptors (Lipinski definition) is 0. The molecular formula is BBr4Li. The van der Waals surface area contributed by atoms with Crippen molar-refractivity contribution in [2.75, 3.05) is 0 Å². The summed E-state index contributed by atoms with van der Waals surface area (Å²) >= 11 is 12.8. The van der Waals surface area contributed by atoms with Gasteiger partial charge in [0.2, 0.25) is 1.44 Å². The van der Waals surface area contributed by atoms with Gasteiger partial charge in [0.05, 0.1) is 0 Å². The molecule has 0 bridgehead atoms. The maximum Gasteiger partial charge on any atom is 1.00 e. The maximum absolute atomic E-state index is 3.19. The van der Waals surface area contributed by atoms with Crippen molar-refractivity contribution >= 4 is 64.5 Å². The zero-order valence-corrected chi connectivity index (χ0v) is 9.43. The summed E-state index contributed by atoms with van der Waals surface area (Å²) < 4.78 is -0.750. The van der Waals surface area contributed by atoms with Gasteiger partial charge in [0.1, 0.15) is 0 Å². The molecule has 0 nitrogen and oxygen atoms in total. The molecule has 0 aromatic carbocycles. The molecule has 32 valence electrons. The Morgan fingerprint density at radius 2 is 0.833 bits per heavy atom. The Bertz CT molecular complexity index is 23.0. The van der Waals surface area contributed by atoms with E-state index in [9.17, 15) is 0 Å². The van der Waals surface area contributed by atoms with Crippen molar-refractivity contribution in [3.8, 4) is 0 Å². The van der Waals surface area contributed by atoms with E-state index in [0.29, 0.717) is 0 Å². The summed E-state index contributed by atoms with van der Waals surface area (Å²) in [7, 11) is 0. The molecule has 0 saturated heterocycles. The Morgan fingerprint density at radius 3 is 0.833 bits per heavy atom. The van der Waals surface area contributed by atoms with Gasteiger partial charge in [-0.2, -0.15) is 0 Å². The molecule has 0 saturated carbocycles. The van der Waals surface area contributed by atoms with Gasteiger partial charge < -0.3 is 63.0 Å². The van der Waals surface area contributed by atoms with E-state index in [-0.39, 0.29) is 18.9 Å². The summed E-state index contributed by atoms with van der Waals surface area (Å²) in [6.45, 7) is 0. The smallest absolute Gasteiger partial charge is 0.311 e. The molecule has 0 N–H and O–H groups in total. The van der Waals surface area contributed by atoms with E-state index in [0.717, 1.165) is 0 Å². The van der Waals surface area contributed by atoms with Crippen molar-refractivity contribution in [1.82, 2.24) is 0 Å². The minimum atomic E-state index is -0.750. The van der Waals surface area contributed by atoms with Crippen molar-refractivity contribution in [2.45, 2.75) is 0 Å². The van der Waals surface area contributed by atoms with E-state index in [4.69, 9.17) is 0 Å². The molecule has 0 unspecified atom stereocenters. The Morgan fingerprint density at radius 1 is 0.833 bits per heavy atom. The van der Waals surface area contributed by atoms with Gasteiger partial charge in [-0.1, -0.05) is 0 Å². The monoisotopic (exact) mass is 334 g/mol. The van der Waals surface area contributed by atoms with Gasteiger partial charge in [0, 0.05) is 0 Å². The Kier molecular flexibility index (Phi) is 8.47. The van der Waals surface area contributed by atoms with E-state index in [1.807, 2.05) is 0 Å². The quantitative estimate of drug-likeness (QED) is 0.546. The minimum Gasteiger partial charge on any atom is -0.311 e. The summed E-state index contributed by atoms with van der Waals surface area (Å²) in [5.74, 6) is 0. The first-order valence-corrected chi connectivity index (χ1v) is 4.54. The number of rotatable bonds is 0. The second-order valence-electron chi connectivity index (χ2n) is 0.495. The van der Waals surface area contributed by atoms with Gasteiger partial charge in [0.15, 0.2) is 0 Å². The average Bonchev–Trinajstić information content (AvgIpc) is 0.722. The van der Waals surface area contributed by atoms with Crippen molar-refractivity contribution in [3.63, 3.8) is 0 Å². The van der Waals surface area contributed by atoms with Gasteiger partial charge in [-0.3, -0.25) is 0 Å². The molecule has 0 heterocycles. The molecule has 0 fully saturated rings. The Hall–Kier alpha value is 2.58. The van der Waals surface area contributed by atoms with Gasteiger partial charge in [-0.05, 0) is 0 Å². The van der Waals surface area contributed by atoms with E-state index < -0.39 is 1.44 Å². The molecule has 0 aliphatic rings. The van der Waals surface area contributed by atoms with Crippen LogP contribution >= 0.6 is 63.0 Å². The third-order valence-corrected chi connectivity index (χ3v) is 0. The van der Waals surface area contributed by atoms with Crippen LogP contribution in [0.2, 0.25) is 0 Å². The molecule has 6 heteroatoms. The molecule has 0 amide bonds. The van der Waals surface area contributed by atoms with E-state index in [2.05, 4.69) is 63.0 Å². The van der Waals surface area contributed by atoms with Crippen LogP contribution in [0.4, 0.5) is 0 Å². The summed E-state index contributed by atoms with van der Waals surface area (Å²) in [5, 5.41) is 0. The molecule has 0 aromatic rings. The minimum absolute atomic E-state index is 0. The number of halogens is 4. The molecule has 6 heavy (non-hydrogen) atoms. The second-order valence-corrected chi connectivity index (χ2v) is 13.4. The third-order valence-electron chi connectivity index (χ3n) is 0. The van der Waals surface area contributed by atoms with Crippen LogP contribution < -0.4 is 18.9 Å². The van der Waals surface area contributed by atoms with Crippen LogP contribution in [0, 0.1) is 0 Å². The van der Waals surface area contributed by atoms with Crippen LogP contribution in [0.1, 0.15) is 0 Å². The topological polar surface area (TPSA) is 0 Å². The normalized spacial score (nSPS) is 10.0. The zero-order valence-electron chi connectivity index (χ0n) is 3.09. The molecule has 0 aliphatic heterocycles. The molecule has 0 atom stereocenters. The summed E-state index contributed by atoms with van der Waals surface area (Å²) in [5.41, 5.74) is 0. The van der Waals surface area contributed by atoms with Gasteiger partial charge >= 0.3 is 18.9 Å². The number of hydrogen-bond donors (Lipinski definition) is 0. The fourth-order valence-electron chi connectivity index (χ4n) is 0. The molecule has 0 aromatic heterocycles. The predicted molar refractivity (Wildman–Crippen MR) is 41.5 cm³/mol. The second kappa shape index (κ2) is 4.46. The standard InChI is InChI=1S/BBr4.Li/c2-1(3,4)5;/q-1;+1. The van der Waals surface area contributed by atoms with Crippen LogP contribution in [0.3, 0.4) is 0 Å². The van der Waals surface area contributed by atoms with Crippen LogP contribution in [0.15, 0.2) is 0 Å². The van der Waals surface area contributed by atoms with E-state index in [1.54, 1.807) is 0 Å². The summed E-state index contributed by atoms with van der Waals surface area (Å²) in [4.78, 5) is 0. The first-order chi connectivity index (χ1) is 2.00.